The van der Waals surface area contributed by atoms with Crippen molar-refractivity contribution in [3.8, 4) is 5.75 Å². The van der Waals surface area contributed by atoms with Crippen molar-refractivity contribution < 1.29 is 40.6 Å². The van der Waals surface area contributed by atoms with Gasteiger partial charge < -0.3 is 9.47 Å². The highest BCUT2D eigenvalue weighted by Crippen LogP contribution is 2.32. The predicted molar refractivity (Wildman–Crippen MR) is 78.6 cm³/mol. The van der Waals surface area contributed by atoms with E-state index in [1.165, 1.54) is 24.3 Å². The van der Waals surface area contributed by atoms with Crippen molar-refractivity contribution in [1.29, 1.82) is 0 Å². The minimum Gasteiger partial charge on any atom is -0.462 e. The van der Waals surface area contributed by atoms with Crippen LogP contribution >= 0.6 is 0 Å². The maximum absolute atomic E-state index is 12.9. The van der Waals surface area contributed by atoms with E-state index in [1.54, 1.807) is 0 Å². The number of halogens is 6. The van der Waals surface area contributed by atoms with Crippen molar-refractivity contribution in [2.24, 2.45) is 0 Å². The summed E-state index contributed by atoms with van der Waals surface area (Å²) in [5, 5.41) is 0. The molecular weight excluding hydrogens is 366 g/mol. The van der Waals surface area contributed by atoms with E-state index in [9.17, 15) is 31.1 Å². The van der Waals surface area contributed by atoms with Crippen LogP contribution in [0.2, 0.25) is 0 Å². The first-order valence-corrected chi connectivity index (χ1v) is 7.25. The Morgan fingerprint density at radius 3 is 2.15 bits per heavy atom. The molecule has 2 aromatic rings. The van der Waals surface area contributed by atoms with Crippen molar-refractivity contribution in [3.63, 3.8) is 0 Å². The maximum atomic E-state index is 12.9. The van der Waals surface area contributed by atoms with E-state index in [-0.39, 0.29) is 12.0 Å². The van der Waals surface area contributed by atoms with Crippen LogP contribution in [-0.4, -0.2) is 18.9 Å². The van der Waals surface area contributed by atoms with Gasteiger partial charge in [0, 0.05) is 6.42 Å². The minimum absolute atomic E-state index is 0.0988. The quantitative estimate of drug-likeness (QED) is 0.542. The third-order valence-corrected chi connectivity index (χ3v) is 3.26. The van der Waals surface area contributed by atoms with Gasteiger partial charge in [0.2, 0.25) is 0 Å². The monoisotopic (exact) mass is 378 g/mol. The average Bonchev–Trinajstić information content (AvgIpc) is 2.54. The van der Waals surface area contributed by atoms with Crippen LogP contribution in [0.25, 0.3) is 0 Å². The summed E-state index contributed by atoms with van der Waals surface area (Å²) in [7, 11) is 0. The van der Waals surface area contributed by atoms with Crippen molar-refractivity contribution in [1.82, 2.24) is 0 Å². The summed E-state index contributed by atoms with van der Waals surface area (Å²) < 4.78 is 84.3. The minimum atomic E-state index is -4.89. The van der Waals surface area contributed by atoms with Gasteiger partial charge in [-0.05, 0) is 23.8 Å². The largest absolute Gasteiger partial charge is 0.573 e. The lowest BCUT2D eigenvalue weighted by molar-refractivity contribution is -0.274. The normalized spacial score (nSPS) is 11.9. The Hall–Kier alpha value is -2.71. The van der Waals surface area contributed by atoms with Crippen LogP contribution in [0.4, 0.5) is 26.3 Å². The number of carbonyl (C=O) groups is 1. The highest BCUT2D eigenvalue weighted by molar-refractivity contribution is 5.91. The molecule has 0 radical (unpaired) electrons. The number of carbonyl (C=O) groups excluding carboxylic acids is 1. The Kier molecular flexibility index (Phi) is 5.79. The van der Waals surface area contributed by atoms with Gasteiger partial charge in [0.25, 0.3) is 0 Å². The Labute approximate surface area is 144 Å². The third kappa shape index (κ3) is 5.40. The molecule has 26 heavy (non-hydrogen) atoms. The van der Waals surface area contributed by atoms with Gasteiger partial charge in [-0.2, -0.15) is 13.2 Å². The van der Waals surface area contributed by atoms with Gasteiger partial charge >= 0.3 is 18.5 Å². The van der Waals surface area contributed by atoms with E-state index in [0.717, 1.165) is 24.3 Å². The van der Waals surface area contributed by atoms with Crippen LogP contribution in [0.15, 0.2) is 48.5 Å². The van der Waals surface area contributed by atoms with Gasteiger partial charge in [0.05, 0.1) is 17.7 Å². The molecule has 0 saturated carbocycles. The van der Waals surface area contributed by atoms with Gasteiger partial charge in [-0.25, -0.2) is 4.79 Å². The molecular formula is C17H12F6O3. The highest BCUT2D eigenvalue weighted by Gasteiger charge is 2.35. The molecule has 0 saturated heterocycles. The first kappa shape index (κ1) is 19.6. The zero-order valence-corrected chi connectivity index (χ0v) is 13.0. The summed E-state index contributed by atoms with van der Waals surface area (Å²) in [6, 6.07) is 9.29. The van der Waals surface area contributed by atoms with Crippen molar-refractivity contribution in [2.45, 2.75) is 19.0 Å². The molecule has 0 heterocycles. The number of benzene rings is 2. The number of esters is 1. The van der Waals surface area contributed by atoms with Gasteiger partial charge in [0.15, 0.2) is 0 Å². The summed E-state index contributed by atoms with van der Waals surface area (Å²) in [6.45, 7) is -0.413. The first-order chi connectivity index (χ1) is 12.1. The summed E-state index contributed by atoms with van der Waals surface area (Å²) in [5.41, 5.74) is -1.72. The van der Waals surface area contributed by atoms with Crippen LogP contribution in [-0.2, 0) is 17.3 Å². The van der Waals surface area contributed by atoms with Gasteiger partial charge in [-0.1, -0.05) is 30.3 Å². The molecule has 9 heteroatoms. The number of ether oxygens (including phenoxy) is 2. The zero-order valence-electron chi connectivity index (χ0n) is 13.0. The van der Waals surface area contributed by atoms with Crippen LogP contribution < -0.4 is 4.74 Å². The summed E-state index contributed by atoms with van der Waals surface area (Å²) >= 11 is 0. The predicted octanol–water partition coefficient (Wildman–Crippen LogP) is 5.00. The lowest BCUT2D eigenvalue weighted by atomic mass is 10.1. The molecule has 3 nitrogen and oxygen atoms in total. The molecule has 0 atom stereocenters. The fourth-order valence-electron chi connectivity index (χ4n) is 2.17. The highest BCUT2D eigenvalue weighted by atomic mass is 19.4. The molecule has 0 aliphatic heterocycles. The Morgan fingerprint density at radius 1 is 0.885 bits per heavy atom. The van der Waals surface area contributed by atoms with E-state index >= 15 is 0 Å². The van der Waals surface area contributed by atoms with Crippen molar-refractivity contribution in [2.75, 3.05) is 6.61 Å². The lowest BCUT2D eigenvalue weighted by Gasteiger charge is -2.14. The molecule has 140 valence electrons. The SMILES string of the molecule is O=C(OCCc1ccccc1OC(F)(F)F)c1ccccc1C(F)(F)F. The molecule has 0 aliphatic carbocycles. The number of alkyl halides is 6. The number of hydrogen-bond donors (Lipinski definition) is 0. The van der Waals surface area contributed by atoms with Crippen LogP contribution in [0.3, 0.4) is 0 Å². The number of para-hydroxylation sites is 1. The topological polar surface area (TPSA) is 35.5 Å². The van der Waals surface area contributed by atoms with Crippen molar-refractivity contribution in [3.05, 3.63) is 65.2 Å². The fourth-order valence-corrected chi connectivity index (χ4v) is 2.17. The standard InChI is InChI=1S/C17H12F6O3/c18-16(19,20)13-7-3-2-6-12(13)15(24)25-10-9-11-5-1-4-8-14(11)26-17(21,22)23/h1-8H,9-10H2. The van der Waals surface area contributed by atoms with E-state index in [4.69, 9.17) is 4.74 Å². The second kappa shape index (κ2) is 7.67. The van der Waals surface area contributed by atoms with Gasteiger partial charge in [-0.3, -0.25) is 0 Å². The molecule has 0 bridgehead atoms. The van der Waals surface area contributed by atoms with Crippen molar-refractivity contribution >= 4 is 5.97 Å². The van der Waals surface area contributed by atoms with Gasteiger partial charge in [0.1, 0.15) is 5.75 Å². The molecule has 0 aliphatic rings. The maximum Gasteiger partial charge on any atom is 0.573 e. The summed E-state index contributed by atoms with van der Waals surface area (Å²) in [4.78, 5) is 11.9. The molecule has 0 spiro atoms. The van der Waals surface area contributed by atoms with Crippen LogP contribution in [0.5, 0.6) is 5.75 Å². The molecule has 0 N–H and O–H groups in total. The summed E-state index contributed by atoms with van der Waals surface area (Å²) in [5.74, 6) is -1.68. The van der Waals surface area contributed by atoms with Gasteiger partial charge in [-0.15, -0.1) is 13.2 Å². The summed E-state index contributed by atoms with van der Waals surface area (Å²) in [6.07, 6.45) is -9.78. The number of rotatable bonds is 5. The lowest BCUT2D eigenvalue weighted by Crippen LogP contribution is -2.19. The Bertz CT molecular complexity index is 768. The molecule has 0 aromatic heterocycles. The second-order valence-electron chi connectivity index (χ2n) is 5.08. The van der Waals surface area contributed by atoms with E-state index in [1.807, 2.05) is 0 Å². The Morgan fingerprint density at radius 2 is 1.50 bits per heavy atom. The molecule has 0 fully saturated rings. The zero-order chi connectivity index (χ0) is 19.4. The fraction of sp³-hybridized carbons (Fsp3) is 0.235. The van der Waals surface area contributed by atoms with Crippen LogP contribution in [0, 0.1) is 0 Å². The third-order valence-electron chi connectivity index (χ3n) is 3.26. The Balaban J connectivity index is 2.05. The molecule has 2 aromatic carbocycles. The average molecular weight is 378 g/mol. The second-order valence-corrected chi connectivity index (χ2v) is 5.08. The molecule has 0 amide bonds. The molecule has 0 unspecified atom stereocenters. The van der Waals surface area contributed by atoms with Crippen LogP contribution in [0.1, 0.15) is 21.5 Å². The molecule has 2 rings (SSSR count). The first-order valence-electron chi connectivity index (χ1n) is 7.25. The smallest absolute Gasteiger partial charge is 0.462 e. The van der Waals surface area contributed by atoms with E-state index < -0.39 is 42.0 Å². The number of hydrogen-bond acceptors (Lipinski definition) is 3. The van der Waals surface area contributed by atoms with E-state index in [0.29, 0.717) is 0 Å². The van der Waals surface area contributed by atoms with E-state index in [2.05, 4.69) is 4.74 Å².